The number of amides is 1. The second kappa shape index (κ2) is 5.28. The molecule has 1 heterocycles. The van der Waals surface area contributed by atoms with Crippen molar-refractivity contribution in [1.82, 2.24) is 25.4 Å². The SMILES string of the molecule is CN(CCNC(=O)c1n[nH]c(C(C)(C)C)n1)C1CC1. The summed E-state index contributed by atoms with van der Waals surface area (Å²) in [6.07, 6.45) is 2.56. The Bertz CT molecular complexity index is 444. The van der Waals surface area contributed by atoms with Gasteiger partial charge in [-0.2, -0.15) is 0 Å². The lowest BCUT2D eigenvalue weighted by molar-refractivity contribution is 0.0939. The van der Waals surface area contributed by atoms with Crippen molar-refractivity contribution in [2.75, 3.05) is 20.1 Å². The summed E-state index contributed by atoms with van der Waals surface area (Å²) < 4.78 is 0. The molecule has 6 heteroatoms. The van der Waals surface area contributed by atoms with Gasteiger partial charge in [0, 0.05) is 24.5 Å². The maximum atomic E-state index is 11.9. The van der Waals surface area contributed by atoms with Crippen LogP contribution >= 0.6 is 0 Å². The Labute approximate surface area is 114 Å². The van der Waals surface area contributed by atoms with Gasteiger partial charge in [0.2, 0.25) is 5.82 Å². The number of nitrogens with one attached hydrogen (secondary N) is 2. The molecule has 1 aliphatic carbocycles. The number of carbonyl (C=O) groups is 1. The highest BCUT2D eigenvalue weighted by Crippen LogP contribution is 2.24. The van der Waals surface area contributed by atoms with Crippen molar-refractivity contribution in [3.8, 4) is 0 Å². The minimum absolute atomic E-state index is 0.127. The van der Waals surface area contributed by atoms with E-state index in [9.17, 15) is 4.79 Å². The summed E-state index contributed by atoms with van der Waals surface area (Å²) in [6.45, 7) is 7.58. The van der Waals surface area contributed by atoms with Gasteiger partial charge in [-0.15, -0.1) is 5.10 Å². The first-order valence-electron chi connectivity index (χ1n) is 6.79. The van der Waals surface area contributed by atoms with E-state index in [4.69, 9.17) is 0 Å². The van der Waals surface area contributed by atoms with Gasteiger partial charge in [0.1, 0.15) is 5.82 Å². The van der Waals surface area contributed by atoms with Crippen LogP contribution in [-0.4, -0.2) is 52.2 Å². The second-order valence-electron chi connectivity index (χ2n) is 6.23. The predicted molar refractivity (Wildman–Crippen MR) is 73.1 cm³/mol. The summed E-state index contributed by atoms with van der Waals surface area (Å²) in [5.74, 6) is 0.739. The first kappa shape index (κ1) is 14.0. The number of rotatable bonds is 5. The fourth-order valence-electron chi connectivity index (χ4n) is 1.82. The maximum absolute atomic E-state index is 11.9. The first-order valence-corrected chi connectivity index (χ1v) is 6.79. The van der Waals surface area contributed by atoms with Gasteiger partial charge in [-0.3, -0.25) is 9.89 Å². The third kappa shape index (κ3) is 3.76. The average molecular weight is 265 g/mol. The van der Waals surface area contributed by atoms with E-state index >= 15 is 0 Å². The number of aromatic amines is 1. The summed E-state index contributed by atoms with van der Waals surface area (Å²) >= 11 is 0. The molecule has 0 radical (unpaired) electrons. The largest absolute Gasteiger partial charge is 0.348 e. The molecule has 0 aliphatic heterocycles. The van der Waals surface area contributed by atoms with Crippen LogP contribution < -0.4 is 5.32 Å². The molecule has 106 valence electrons. The van der Waals surface area contributed by atoms with Crippen molar-refractivity contribution in [3.05, 3.63) is 11.6 Å². The van der Waals surface area contributed by atoms with Crippen LogP contribution in [0.15, 0.2) is 0 Å². The van der Waals surface area contributed by atoms with Crippen molar-refractivity contribution in [3.63, 3.8) is 0 Å². The van der Waals surface area contributed by atoms with E-state index in [0.717, 1.165) is 12.4 Å². The van der Waals surface area contributed by atoms with Crippen LogP contribution in [0, 0.1) is 0 Å². The number of carbonyl (C=O) groups excluding carboxylic acids is 1. The average Bonchev–Trinajstić information content (AvgIpc) is 3.04. The van der Waals surface area contributed by atoms with Crippen LogP contribution in [-0.2, 0) is 5.41 Å². The molecule has 1 amide bonds. The van der Waals surface area contributed by atoms with Crippen LogP contribution in [0.5, 0.6) is 0 Å². The van der Waals surface area contributed by atoms with E-state index in [1.165, 1.54) is 12.8 Å². The van der Waals surface area contributed by atoms with Crippen molar-refractivity contribution in [1.29, 1.82) is 0 Å². The van der Waals surface area contributed by atoms with E-state index in [1.807, 2.05) is 20.8 Å². The lowest BCUT2D eigenvalue weighted by Crippen LogP contribution is -2.34. The van der Waals surface area contributed by atoms with Gasteiger partial charge in [0.25, 0.3) is 5.91 Å². The number of nitrogens with zero attached hydrogens (tertiary/aromatic N) is 3. The summed E-state index contributed by atoms with van der Waals surface area (Å²) in [6, 6.07) is 0.716. The fourth-order valence-corrected chi connectivity index (χ4v) is 1.82. The number of hydrogen-bond donors (Lipinski definition) is 2. The van der Waals surface area contributed by atoms with Crippen LogP contribution in [0.2, 0.25) is 0 Å². The molecule has 1 saturated carbocycles. The van der Waals surface area contributed by atoms with Gasteiger partial charge in [-0.05, 0) is 19.9 Å². The summed E-state index contributed by atoms with van der Waals surface area (Å²) in [7, 11) is 2.09. The molecule has 19 heavy (non-hydrogen) atoms. The Morgan fingerprint density at radius 2 is 2.16 bits per heavy atom. The molecule has 0 spiro atoms. The molecular formula is C13H23N5O. The van der Waals surface area contributed by atoms with Crippen LogP contribution in [0.3, 0.4) is 0 Å². The van der Waals surface area contributed by atoms with Gasteiger partial charge >= 0.3 is 0 Å². The Hall–Kier alpha value is -1.43. The van der Waals surface area contributed by atoms with Crippen LogP contribution in [0.1, 0.15) is 50.1 Å². The number of hydrogen-bond acceptors (Lipinski definition) is 4. The van der Waals surface area contributed by atoms with Crippen molar-refractivity contribution >= 4 is 5.91 Å². The molecule has 1 aliphatic rings. The lowest BCUT2D eigenvalue weighted by atomic mass is 9.96. The fraction of sp³-hybridized carbons (Fsp3) is 0.769. The van der Waals surface area contributed by atoms with E-state index in [1.54, 1.807) is 0 Å². The number of aromatic nitrogens is 3. The molecule has 0 aromatic carbocycles. The Balaban J connectivity index is 1.80. The zero-order valence-electron chi connectivity index (χ0n) is 12.2. The highest BCUT2D eigenvalue weighted by molar-refractivity contribution is 5.90. The highest BCUT2D eigenvalue weighted by atomic mass is 16.2. The van der Waals surface area contributed by atoms with Gasteiger partial charge < -0.3 is 10.2 Å². The van der Waals surface area contributed by atoms with Crippen molar-refractivity contribution < 1.29 is 4.79 Å². The summed E-state index contributed by atoms with van der Waals surface area (Å²) in [4.78, 5) is 18.4. The van der Waals surface area contributed by atoms with Gasteiger partial charge in [0.05, 0.1) is 0 Å². The van der Waals surface area contributed by atoms with E-state index in [-0.39, 0.29) is 17.1 Å². The molecular weight excluding hydrogens is 242 g/mol. The van der Waals surface area contributed by atoms with Gasteiger partial charge in [0.15, 0.2) is 0 Å². The molecule has 0 atom stereocenters. The Morgan fingerprint density at radius 3 is 2.68 bits per heavy atom. The molecule has 1 aromatic heterocycles. The van der Waals surface area contributed by atoms with Crippen molar-refractivity contribution in [2.45, 2.75) is 45.1 Å². The Morgan fingerprint density at radius 1 is 1.47 bits per heavy atom. The highest BCUT2D eigenvalue weighted by Gasteiger charge is 2.26. The summed E-state index contributed by atoms with van der Waals surface area (Å²) in [5, 5.41) is 9.64. The minimum atomic E-state index is -0.212. The molecule has 1 aromatic rings. The lowest BCUT2D eigenvalue weighted by Gasteiger charge is -2.15. The van der Waals surface area contributed by atoms with Crippen LogP contribution in [0.25, 0.3) is 0 Å². The smallest absolute Gasteiger partial charge is 0.291 e. The monoisotopic (exact) mass is 265 g/mol. The molecule has 0 unspecified atom stereocenters. The number of H-pyrrole nitrogens is 1. The quantitative estimate of drug-likeness (QED) is 0.830. The van der Waals surface area contributed by atoms with Gasteiger partial charge in [-0.25, -0.2) is 4.98 Å². The molecule has 6 nitrogen and oxygen atoms in total. The molecule has 2 rings (SSSR count). The third-order valence-corrected chi connectivity index (χ3v) is 3.32. The zero-order chi connectivity index (χ0) is 14.0. The minimum Gasteiger partial charge on any atom is -0.348 e. The normalized spacial score (nSPS) is 15.8. The second-order valence-corrected chi connectivity index (χ2v) is 6.23. The summed E-state index contributed by atoms with van der Waals surface area (Å²) in [5.41, 5.74) is -0.127. The zero-order valence-corrected chi connectivity index (χ0v) is 12.2. The first-order chi connectivity index (χ1) is 8.88. The van der Waals surface area contributed by atoms with Crippen molar-refractivity contribution in [2.24, 2.45) is 0 Å². The molecule has 2 N–H and O–H groups in total. The molecule has 1 fully saturated rings. The van der Waals surface area contributed by atoms with E-state index in [2.05, 4.69) is 32.4 Å². The topological polar surface area (TPSA) is 73.9 Å². The number of likely N-dealkylation sites (N-methyl/N-ethyl adjacent to an activating group) is 1. The molecule has 0 bridgehead atoms. The van der Waals surface area contributed by atoms with Gasteiger partial charge in [-0.1, -0.05) is 20.8 Å². The van der Waals surface area contributed by atoms with E-state index < -0.39 is 0 Å². The standard InChI is InChI=1S/C13H23N5O/c1-13(2,3)12-15-10(16-17-12)11(19)14-7-8-18(4)9-5-6-9/h9H,5-8H2,1-4H3,(H,14,19)(H,15,16,17). The maximum Gasteiger partial charge on any atom is 0.291 e. The predicted octanol–water partition coefficient (Wildman–Crippen LogP) is 0.926. The Kier molecular flexibility index (Phi) is 3.89. The molecule has 0 saturated heterocycles. The van der Waals surface area contributed by atoms with Crippen LogP contribution in [0.4, 0.5) is 0 Å². The third-order valence-electron chi connectivity index (χ3n) is 3.32. The van der Waals surface area contributed by atoms with E-state index in [0.29, 0.717) is 12.6 Å².